The highest BCUT2D eigenvalue weighted by molar-refractivity contribution is 5.95. The lowest BCUT2D eigenvalue weighted by Gasteiger charge is -2.29. The highest BCUT2D eigenvalue weighted by atomic mass is 19.1. The van der Waals surface area contributed by atoms with Gasteiger partial charge in [-0.15, -0.1) is 0 Å². The molecule has 1 aliphatic rings. The third kappa shape index (κ3) is 5.28. The first-order chi connectivity index (χ1) is 14.9. The zero-order valence-electron chi connectivity index (χ0n) is 17.2. The van der Waals surface area contributed by atoms with Crippen molar-refractivity contribution >= 4 is 18.0 Å². The second kappa shape index (κ2) is 9.88. The quantitative estimate of drug-likeness (QED) is 0.515. The van der Waals surface area contributed by atoms with Crippen LogP contribution in [0.25, 0.3) is 0 Å². The van der Waals surface area contributed by atoms with Gasteiger partial charge in [-0.2, -0.15) is 0 Å². The number of halogens is 1. The van der Waals surface area contributed by atoms with Gasteiger partial charge in [0.1, 0.15) is 11.6 Å². The molecule has 7 nitrogen and oxygen atoms in total. The van der Waals surface area contributed by atoms with Crippen LogP contribution in [0.5, 0.6) is 5.75 Å². The van der Waals surface area contributed by atoms with Crippen LogP contribution in [0.1, 0.15) is 48.1 Å². The maximum absolute atomic E-state index is 13.0. The molecule has 1 atom stereocenters. The topological polar surface area (TPSA) is 93.7 Å². The van der Waals surface area contributed by atoms with E-state index in [1.54, 1.807) is 24.3 Å². The molecule has 1 unspecified atom stereocenters. The fourth-order valence-electron chi connectivity index (χ4n) is 3.25. The molecule has 1 heterocycles. The fourth-order valence-corrected chi connectivity index (χ4v) is 3.25. The molecule has 162 valence electrons. The summed E-state index contributed by atoms with van der Waals surface area (Å²) in [4.78, 5) is 36.8. The number of amides is 2. The molecule has 2 amide bonds. The molecule has 1 aliphatic heterocycles. The molecule has 2 aromatic rings. The Bertz CT molecular complexity index is 1000. The van der Waals surface area contributed by atoms with Gasteiger partial charge in [0.2, 0.25) is 0 Å². The molecule has 0 spiro atoms. The predicted molar refractivity (Wildman–Crippen MR) is 111 cm³/mol. The van der Waals surface area contributed by atoms with Crippen LogP contribution in [0, 0.1) is 5.82 Å². The molecule has 0 fully saturated rings. The smallest absolute Gasteiger partial charge is 0.343 e. The van der Waals surface area contributed by atoms with Crippen molar-refractivity contribution in [2.75, 3.05) is 7.11 Å². The summed E-state index contributed by atoms with van der Waals surface area (Å²) in [7, 11) is 1.29. The number of unbranched alkanes of at least 4 members (excludes halogenated alkanes) is 1. The van der Waals surface area contributed by atoms with E-state index < -0.39 is 29.8 Å². The lowest BCUT2D eigenvalue weighted by atomic mass is 9.93. The molecule has 0 saturated carbocycles. The summed E-state index contributed by atoms with van der Waals surface area (Å²) in [6.45, 7) is 2.02. The number of hydrogen-bond donors (Lipinski definition) is 2. The highest BCUT2D eigenvalue weighted by Gasteiger charge is 2.33. The van der Waals surface area contributed by atoms with E-state index in [0.717, 1.165) is 12.8 Å². The maximum atomic E-state index is 13.0. The van der Waals surface area contributed by atoms with Crippen LogP contribution in [-0.2, 0) is 9.53 Å². The van der Waals surface area contributed by atoms with Gasteiger partial charge in [0.25, 0.3) is 0 Å². The van der Waals surface area contributed by atoms with Crippen LogP contribution >= 0.6 is 0 Å². The van der Waals surface area contributed by atoms with Gasteiger partial charge in [0.15, 0.2) is 0 Å². The number of allylic oxidation sites excluding steroid dienone is 1. The van der Waals surface area contributed by atoms with E-state index in [-0.39, 0.29) is 11.3 Å². The molecule has 8 heteroatoms. The van der Waals surface area contributed by atoms with Crippen LogP contribution in [0.2, 0.25) is 0 Å². The van der Waals surface area contributed by atoms with Gasteiger partial charge in [-0.3, -0.25) is 0 Å². The average Bonchev–Trinajstić information content (AvgIpc) is 2.77. The molecule has 31 heavy (non-hydrogen) atoms. The van der Waals surface area contributed by atoms with E-state index in [4.69, 9.17) is 9.47 Å². The molecular weight excluding hydrogens is 403 g/mol. The minimum Gasteiger partial charge on any atom is -0.466 e. The third-order valence-corrected chi connectivity index (χ3v) is 4.84. The number of hydrogen-bond acceptors (Lipinski definition) is 5. The van der Waals surface area contributed by atoms with Crippen molar-refractivity contribution in [1.29, 1.82) is 0 Å². The van der Waals surface area contributed by atoms with Gasteiger partial charge >= 0.3 is 18.0 Å². The lowest BCUT2D eigenvalue weighted by Crippen LogP contribution is -2.45. The first-order valence-corrected chi connectivity index (χ1v) is 9.89. The molecule has 2 aromatic carbocycles. The Morgan fingerprint density at radius 1 is 1.03 bits per heavy atom. The van der Waals surface area contributed by atoms with Crippen molar-refractivity contribution in [1.82, 2.24) is 10.6 Å². The Hall–Kier alpha value is -3.68. The van der Waals surface area contributed by atoms with Gasteiger partial charge in [0.05, 0.1) is 24.3 Å². The maximum Gasteiger partial charge on any atom is 0.343 e. The predicted octanol–water partition coefficient (Wildman–Crippen LogP) is 4.02. The molecule has 2 N–H and O–H groups in total. The summed E-state index contributed by atoms with van der Waals surface area (Å²) in [5, 5.41) is 5.45. The average molecular weight is 426 g/mol. The summed E-state index contributed by atoms with van der Waals surface area (Å²) < 4.78 is 23.3. The summed E-state index contributed by atoms with van der Waals surface area (Å²) in [6, 6.07) is 10.4. The molecule has 0 aromatic heterocycles. The number of urea groups is 1. The number of esters is 2. The zero-order valence-corrected chi connectivity index (χ0v) is 17.2. The Morgan fingerprint density at radius 2 is 1.71 bits per heavy atom. The van der Waals surface area contributed by atoms with E-state index >= 15 is 0 Å². The summed E-state index contributed by atoms with van der Waals surface area (Å²) >= 11 is 0. The van der Waals surface area contributed by atoms with E-state index in [1.165, 1.54) is 31.4 Å². The molecule has 0 saturated heterocycles. The Labute approximate surface area is 179 Å². The SMILES string of the molecule is CCCCC1=C(C(=O)OC)C(c2ccc(OC(=O)c3ccc(F)cc3)cc2)NC(=O)N1. The normalized spacial score (nSPS) is 15.7. The standard InChI is InChI=1S/C23H23FN2O5/c1-3-4-5-18-19(22(28)30-2)20(26-23(29)25-18)14-8-12-17(13-9-14)31-21(27)15-6-10-16(24)11-7-15/h6-13,20H,3-5H2,1-2H3,(H2,25,26,29). The number of benzene rings is 2. The molecular formula is C23H23FN2O5. The van der Waals surface area contributed by atoms with Gasteiger partial charge in [-0.1, -0.05) is 25.5 Å². The molecule has 3 rings (SSSR count). The van der Waals surface area contributed by atoms with Crippen molar-refractivity contribution in [3.8, 4) is 5.75 Å². The molecule has 0 bridgehead atoms. The van der Waals surface area contributed by atoms with Crippen LogP contribution in [0.4, 0.5) is 9.18 Å². The summed E-state index contributed by atoms with van der Waals surface area (Å²) in [5.74, 6) is -1.33. The number of nitrogens with one attached hydrogen (secondary N) is 2. The number of methoxy groups -OCH3 is 1. The first kappa shape index (κ1) is 22.0. The number of carbonyl (C=O) groups excluding carboxylic acids is 3. The first-order valence-electron chi connectivity index (χ1n) is 9.89. The van der Waals surface area contributed by atoms with Crippen molar-refractivity contribution in [2.45, 2.75) is 32.2 Å². The van der Waals surface area contributed by atoms with Crippen LogP contribution in [0.3, 0.4) is 0 Å². The second-order valence-electron chi connectivity index (χ2n) is 6.98. The van der Waals surface area contributed by atoms with Crippen molar-refractivity contribution in [3.63, 3.8) is 0 Å². The molecule has 0 aliphatic carbocycles. The summed E-state index contributed by atoms with van der Waals surface area (Å²) in [5.41, 5.74) is 1.72. The van der Waals surface area contributed by atoms with Gasteiger partial charge in [0, 0.05) is 5.70 Å². The highest BCUT2D eigenvalue weighted by Crippen LogP contribution is 2.30. The van der Waals surface area contributed by atoms with Crippen LogP contribution in [-0.4, -0.2) is 25.1 Å². The lowest BCUT2D eigenvalue weighted by molar-refractivity contribution is -0.136. The minimum atomic E-state index is -0.699. The number of rotatable bonds is 7. The monoisotopic (exact) mass is 426 g/mol. The van der Waals surface area contributed by atoms with Gasteiger partial charge in [-0.05, 0) is 54.8 Å². The van der Waals surface area contributed by atoms with Crippen LogP contribution in [0.15, 0.2) is 59.8 Å². The van der Waals surface area contributed by atoms with Gasteiger partial charge in [-0.25, -0.2) is 18.8 Å². The number of ether oxygens (including phenoxy) is 2. The Morgan fingerprint density at radius 3 is 2.32 bits per heavy atom. The van der Waals surface area contributed by atoms with Crippen molar-refractivity contribution in [2.24, 2.45) is 0 Å². The van der Waals surface area contributed by atoms with E-state index in [1.807, 2.05) is 6.92 Å². The van der Waals surface area contributed by atoms with Crippen molar-refractivity contribution < 1.29 is 28.2 Å². The third-order valence-electron chi connectivity index (χ3n) is 4.84. The van der Waals surface area contributed by atoms with Crippen LogP contribution < -0.4 is 15.4 Å². The minimum absolute atomic E-state index is 0.215. The van der Waals surface area contributed by atoms with E-state index in [2.05, 4.69) is 10.6 Å². The Balaban J connectivity index is 1.83. The number of carbonyl (C=O) groups is 3. The van der Waals surface area contributed by atoms with Gasteiger partial charge < -0.3 is 20.1 Å². The zero-order chi connectivity index (χ0) is 22.4. The fraction of sp³-hybridized carbons (Fsp3) is 0.261. The second-order valence-corrected chi connectivity index (χ2v) is 6.98. The Kier molecular flexibility index (Phi) is 7.02. The largest absolute Gasteiger partial charge is 0.466 e. The molecule has 0 radical (unpaired) electrons. The van der Waals surface area contributed by atoms with E-state index in [9.17, 15) is 18.8 Å². The van der Waals surface area contributed by atoms with Crippen molar-refractivity contribution in [3.05, 3.63) is 76.7 Å². The van der Waals surface area contributed by atoms with E-state index in [0.29, 0.717) is 23.3 Å². The summed E-state index contributed by atoms with van der Waals surface area (Å²) in [6.07, 6.45) is 2.25.